The summed E-state index contributed by atoms with van der Waals surface area (Å²) >= 11 is 0. The van der Waals surface area contributed by atoms with E-state index in [9.17, 15) is 8.42 Å². The first-order valence-corrected chi connectivity index (χ1v) is 11.4. The molecule has 0 saturated carbocycles. The molecule has 1 saturated heterocycles. The number of methoxy groups -OCH3 is 2. The van der Waals surface area contributed by atoms with Crippen molar-refractivity contribution in [2.75, 3.05) is 36.9 Å². The van der Waals surface area contributed by atoms with Gasteiger partial charge in [-0.2, -0.15) is 0 Å². The van der Waals surface area contributed by atoms with Crippen molar-refractivity contribution in [1.29, 1.82) is 0 Å². The van der Waals surface area contributed by atoms with Gasteiger partial charge in [-0.1, -0.05) is 12.1 Å². The van der Waals surface area contributed by atoms with Crippen LogP contribution in [0.15, 0.2) is 59.5 Å². The van der Waals surface area contributed by atoms with Crippen molar-refractivity contribution in [2.24, 2.45) is 0 Å². The Morgan fingerprint density at radius 1 is 0.935 bits per heavy atom. The number of hydrogen-bond donors (Lipinski definition) is 1. The smallest absolute Gasteiger partial charge is 0.265 e. The second kappa shape index (κ2) is 8.81. The SMILES string of the molecule is COc1ccc(OC)c(S(=O)(=O)Nc2cccc(-c3ccc(N4CCCC4)nn3)c2)c1. The van der Waals surface area contributed by atoms with Crippen LogP contribution in [0.4, 0.5) is 11.5 Å². The van der Waals surface area contributed by atoms with Crippen LogP contribution in [-0.4, -0.2) is 45.9 Å². The quantitative estimate of drug-likeness (QED) is 0.600. The van der Waals surface area contributed by atoms with E-state index in [-0.39, 0.29) is 10.6 Å². The molecule has 0 unspecified atom stereocenters. The topological polar surface area (TPSA) is 93.6 Å². The first kappa shape index (κ1) is 20.9. The van der Waals surface area contributed by atoms with Crippen molar-refractivity contribution < 1.29 is 17.9 Å². The Hall–Kier alpha value is -3.33. The van der Waals surface area contributed by atoms with Crippen LogP contribution in [0.5, 0.6) is 11.5 Å². The summed E-state index contributed by atoms with van der Waals surface area (Å²) in [5.41, 5.74) is 1.84. The number of sulfonamides is 1. The van der Waals surface area contributed by atoms with Gasteiger partial charge in [-0.3, -0.25) is 4.72 Å². The van der Waals surface area contributed by atoms with Gasteiger partial charge >= 0.3 is 0 Å². The molecule has 9 heteroatoms. The number of hydrogen-bond acceptors (Lipinski definition) is 7. The number of nitrogens with one attached hydrogen (secondary N) is 1. The number of ether oxygens (including phenoxy) is 2. The fourth-order valence-corrected chi connectivity index (χ4v) is 4.77. The molecule has 1 aromatic heterocycles. The minimum absolute atomic E-state index is 0.00508. The van der Waals surface area contributed by atoms with Gasteiger partial charge in [0.1, 0.15) is 16.4 Å². The number of benzene rings is 2. The van der Waals surface area contributed by atoms with Gasteiger partial charge in [-0.05, 0) is 49.2 Å². The summed E-state index contributed by atoms with van der Waals surface area (Å²) in [5.74, 6) is 1.51. The van der Waals surface area contributed by atoms with Crippen LogP contribution in [-0.2, 0) is 10.0 Å². The molecule has 0 amide bonds. The van der Waals surface area contributed by atoms with E-state index in [0.717, 1.165) is 24.5 Å². The normalized spacial score (nSPS) is 13.8. The molecule has 162 valence electrons. The average molecular weight is 441 g/mol. The molecular weight excluding hydrogens is 416 g/mol. The Kier molecular flexibility index (Phi) is 5.94. The predicted octanol–water partition coefficient (Wildman–Crippen LogP) is 3.56. The lowest BCUT2D eigenvalue weighted by molar-refractivity contribution is 0.392. The summed E-state index contributed by atoms with van der Waals surface area (Å²) in [7, 11) is -1.00. The molecule has 1 fully saturated rings. The van der Waals surface area contributed by atoms with E-state index >= 15 is 0 Å². The molecule has 4 rings (SSSR count). The van der Waals surface area contributed by atoms with E-state index in [1.165, 1.54) is 33.1 Å². The van der Waals surface area contributed by atoms with Crippen molar-refractivity contribution in [3.63, 3.8) is 0 Å². The number of rotatable bonds is 7. The molecule has 2 heterocycles. The Labute approximate surface area is 181 Å². The maximum atomic E-state index is 13.0. The highest BCUT2D eigenvalue weighted by atomic mass is 32.2. The van der Waals surface area contributed by atoms with Gasteiger partial charge in [0.05, 0.1) is 19.9 Å². The van der Waals surface area contributed by atoms with Crippen LogP contribution >= 0.6 is 0 Å². The largest absolute Gasteiger partial charge is 0.497 e. The van der Waals surface area contributed by atoms with E-state index in [4.69, 9.17) is 9.47 Å². The summed E-state index contributed by atoms with van der Waals surface area (Å²) < 4.78 is 39.0. The molecule has 1 aliphatic rings. The first-order chi connectivity index (χ1) is 15.0. The van der Waals surface area contributed by atoms with E-state index < -0.39 is 10.0 Å². The van der Waals surface area contributed by atoms with E-state index in [0.29, 0.717) is 17.1 Å². The summed E-state index contributed by atoms with van der Waals surface area (Å²) in [5, 5.41) is 8.67. The summed E-state index contributed by atoms with van der Waals surface area (Å²) in [6, 6.07) is 15.5. The number of aromatic nitrogens is 2. The minimum atomic E-state index is -3.90. The van der Waals surface area contributed by atoms with E-state index in [2.05, 4.69) is 19.8 Å². The third kappa shape index (κ3) is 4.56. The van der Waals surface area contributed by atoms with Gasteiger partial charge in [0.25, 0.3) is 10.0 Å². The lowest BCUT2D eigenvalue weighted by Gasteiger charge is -2.15. The zero-order valence-corrected chi connectivity index (χ0v) is 18.2. The monoisotopic (exact) mass is 440 g/mol. The second-order valence-corrected chi connectivity index (χ2v) is 8.82. The van der Waals surface area contributed by atoms with Crippen LogP contribution < -0.4 is 19.1 Å². The Morgan fingerprint density at radius 2 is 1.74 bits per heavy atom. The minimum Gasteiger partial charge on any atom is -0.497 e. The fraction of sp³-hybridized carbons (Fsp3) is 0.273. The average Bonchev–Trinajstić information content (AvgIpc) is 3.33. The highest BCUT2D eigenvalue weighted by Gasteiger charge is 2.21. The Bertz CT molecular complexity index is 1160. The molecular formula is C22H24N4O4S. The highest BCUT2D eigenvalue weighted by Crippen LogP contribution is 2.30. The molecule has 0 radical (unpaired) electrons. The fourth-order valence-electron chi connectivity index (χ4n) is 3.54. The third-order valence-corrected chi connectivity index (χ3v) is 6.55. The van der Waals surface area contributed by atoms with Crippen LogP contribution in [0.1, 0.15) is 12.8 Å². The lowest BCUT2D eigenvalue weighted by Crippen LogP contribution is -2.19. The second-order valence-electron chi connectivity index (χ2n) is 7.17. The van der Waals surface area contributed by atoms with Crippen molar-refractivity contribution in [3.8, 4) is 22.8 Å². The summed E-state index contributed by atoms with van der Waals surface area (Å²) in [6.45, 7) is 2.00. The van der Waals surface area contributed by atoms with Gasteiger partial charge in [-0.15, -0.1) is 10.2 Å². The molecule has 0 spiro atoms. The van der Waals surface area contributed by atoms with Crippen molar-refractivity contribution in [1.82, 2.24) is 10.2 Å². The van der Waals surface area contributed by atoms with Crippen LogP contribution in [0.3, 0.4) is 0 Å². The van der Waals surface area contributed by atoms with Gasteiger partial charge in [0.15, 0.2) is 5.82 Å². The molecule has 0 bridgehead atoms. The number of nitrogens with zero attached hydrogens (tertiary/aromatic N) is 3. The van der Waals surface area contributed by atoms with Crippen LogP contribution in [0, 0.1) is 0 Å². The molecule has 3 aromatic rings. The third-order valence-electron chi connectivity index (χ3n) is 5.15. The van der Waals surface area contributed by atoms with Gasteiger partial charge in [0, 0.05) is 30.4 Å². The van der Waals surface area contributed by atoms with Gasteiger partial charge in [-0.25, -0.2) is 8.42 Å². The van der Waals surface area contributed by atoms with Crippen LogP contribution in [0.2, 0.25) is 0 Å². The lowest BCUT2D eigenvalue weighted by atomic mass is 10.1. The molecule has 2 aromatic carbocycles. The molecule has 0 aliphatic carbocycles. The van der Waals surface area contributed by atoms with E-state index in [1.807, 2.05) is 18.2 Å². The van der Waals surface area contributed by atoms with Crippen molar-refractivity contribution >= 4 is 21.5 Å². The van der Waals surface area contributed by atoms with E-state index in [1.54, 1.807) is 30.3 Å². The van der Waals surface area contributed by atoms with Crippen molar-refractivity contribution in [2.45, 2.75) is 17.7 Å². The number of anilines is 2. The summed E-state index contributed by atoms with van der Waals surface area (Å²) in [4.78, 5) is 2.21. The zero-order valence-electron chi connectivity index (χ0n) is 17.4. The zero-order chi connectivity index (χ0) is 21.8. The first-order valence-electron chi connectivity index (χ1n) is 9.94. The molecule has 0 atom stereocenters. The van der Waals surface area contributed by atoms with Crippen molar-refractivity contribution in [3.05, 3.63) is 54.6 Å². The van der Waals surface area contributed by atoms with Crippen LogP contribution in [0.25, 0.3) is 11.3 Å². The standard InChI is InChI=1S/C22H24N4O4S/c1-29-18-8-10-20(30-2)21(15-18)31(27,28)25-17-7-5-6-16(14-17)19-9-11-22(24-23-19)26-12-3-4-13-26/h5-11,14-15,25H,3-4,12-13H2,1-2H3. The predicted molar refractivity (Wildman–Crippen MR) is 119 cm³/mol. The Balaban J connectivity index is 1.59. The molecule has 1 N–H and O–H groups in total. The Morgan fingerprint density at radius 3 is 2.42 bits per heavy atom. The van der Waals surface area contributed by atoms with Gasteiger partial charge < -0.3 is 14.4 Å². The summed E-state index contributed by atoms with van der Waals surface area (Å²) in [6.07, 6.45) is 2.34. The molecule has 8 nitrogen and oxygen atoms in total. The molecule has 31 heavy (non-hydrogen) atoms. The van der Waals surface area contributed by atoms with Gasteiger partial charge in [0.2, 0.25) is 0 Å². The maximum absolute atomic E-state index is 13.0. The highest BCUT2D eigenvalue weighted by molar-refractivity contribution is 7.92. The maximum Gasteiger partial charge on any atom is 0.265 e. The molecule has 1 aliphatic heterocycles.